The van der Waals surface area contributed by atoms with Gasteiger partial charge in [-0.05, 0) is 140 Å². The van der Waals surface area contributed by atoms with Gasteiger partial charge in [0.1, 0.15) is 22.8 Å². The average molecular weight is 1320 g/mol. The molecule has 6 atom stereocenters. The van der Waals surface area contributed by atoms with Crippen LogP contribution in [0.25, 0.3) is 67.6 Å². The van der Waals surface area contributed by atoms with Crippen molar-refractivity contribution in [2.24, 2.45) is 29.6 Å². The quantitative estimate of drug-likeness (QED) is 0.0491. The van der Waals surface area contributed by atoms with Crippen molar-refractivity contribution in [1.82, 2.24) is 45.2 Å². The Bertz CT molecular complexity index is 2940. The van der Waals surface area contributed by atoms with Crippen molar-refractivity contribution in [3.8, 4) is 45.6 Å². The van der Waals surface area contributed by atoms with Gasteiger partial charge in [0, 0.05) is 37.3 Å². The van der Waals surface area contributed by atoms with Gasteiger partial charge < -0.3 is 34.4 Å². The van der Waals surface area contributed by atoms with Crippen LogP contribution in [0.15, 0.2) is 158 Å². The molecule has 0 spiro atoms. The number of ether oxygens (including phenoxy) is 1. The summed E-state index contributed by atoms with van der Waals surface area (Å²) in [4.78, 5) is 37.4. The van der Waals surface area contributed by atoms with Crippen LogP contribution in [0.3, 0.4) is 0 Å². The maximum Gasteiger partial charge on any atom is 1.00 e. The summed E-state index contributed by atoms with van der Waals surface area (Å²) in [6, 6.07) is 35.5. The maximum absolute atomic E-state index is 6.08. The van der Waals surface area contributed by atoms with Crippen molar-refractivity contribution in [1.29, 1.82) is 0 Å². The molecular formula is C59H67N9ORu4. The molecule has 73 heavy (non-hydrogen) atoms. The number of pyridine rings is 4. The van der Waals surface area contributed by atoms with Gasteiger partial charge in [0.05, 0.1) is 57.7 Å². The number of allylic oxidation sites excluding steroid dienone is 3. The van der Waals surface area contributed by atoms with Crippen LogP contribution in [0.2, 0.25) is 0 Å². The van der Waals surface area contributed by atoms with Gasteiger partial charge in [-0.25, -0.2) is 19.9 Å². The summed E-state index contributed by atoms with van der Waals surface area (Å²) in [5.74, 6) is 4.24. The molecule has 12 rings (SSSR count). The Morgan fingerprint density at radius 2 is 0.904 bits per heavy atom. The van der Waals surface area contributed by atoms with Gasteiger partial charge in [-0.1, -0.05) is 75.1 Å². The zero-order valence-corrected chi connectivity index (χ0v) is 48.6. The average Bonchev–Trinajstić information content (AvgIpc) is 4.18. The molecule has 6 unspecified atom stereocenters. The second-order valence-electron chi connectivity index (χ2n) is 17.3. The van der Waals surface area contributed by atoms with Crippen LogP contribution in [0.4, 0.5) is 0 Å². The summed E-state index contributed by atoms with van der Waals surface area (Å²) < 4.78 is 6.08. The minimum atomic E-state index is 0. The molecule has 4 radical (unpaired) electrons. The molecule has 2 fully saturated rings. The molecule has 2 aromatic carbocycles. The van der Waals surface area contributed by atoms with Crippen LogP contribution in [-0.2, 0) is 89.2 Å². The summed E-state index contributed by atoms with van der Waals surface area (Å²) in [6.45, 7) is 5.70. The molecule has 0 aliphatic heterocycles. The van der Waals surface area contributed by atoms with Gasteiger partial charge >= 0.3 is 77.9 Å². The summed E-state index contributed by atoms with van der Waals surface area (Å²) in [5.41, 5.74) is 11.8. The van der Waals surface area contributed by atoms with Crippen molar-refractivity contribution in [2.75, 3.05) is 6.73 Å². The third-order valence-corrected chi connectivity index (χ3v) is 12.7. The van der Waals surface area contributed by atoms with Crippen LogP contribution < -0.4 is 5.32 Å². The van der Waals surface area contributed by atoms with Gasteiger partial charge in [0.25, 0.3) is 0 Å². The predicted molar refractivity (Wildman–Crippen MR) is 286 cm³/mol. The second kappa shape index (κ2) is 31.5. The third-order valence-electron chi connectivity index (χ3n) is 12.7. The van der Waals surface area contributed by atoms with Crippen LogP contribution in [0, 0.1) is 66.2 Å². The van der Waals surface area contributed by atoms with E-state index in [-0.39, 0.29) is 115 Å². The number of aromatic nitrogens is 8. The van der Waals surface area contributed by atoms with Crippen LogP contribution in [-0.4, -0.2) is 52.7 Å². The second-order valence-corrected chi connectivity index (χ2v) is 17.3. The molecule has 14 heteroatoms. The molecule has 4 aliphatic carbocycles. The minimum Gasteiger partial charge on any atom is -0.362 e. The number of hydrogen-bond acceptors (Lipinski definition) is 10. The summed E-state index contributed by atoms with van der Waals surface area (Å²) in [7, 11) is 0. The van der Waals surface area contributed by atoms with Crippen LogP contribution in [0.1, 0.15) is 51.2 Å². The molecule has 1 N–H and O–H groups in total. The maximum atomic E-state index is 6.08. The Labute approximate surface area is 486 Å². The van der Waals surface area contributed by atoms with Gasteiger partial charge in [0.15, 0.2) is 0 Å². The first kappa shape index (κ1) is 66.6. The largest absolute Gasteiger partial charge is 1.00 e. The smallest absolute Gasteiger partial charge is 0.362 e. The first-order valence-electron chi connectivity index (χ1n) is 22.4. The van der Waals surface area contributed by atoms with Crippen molar-refractivity contribution in [3.05, 3.63) is 199 Å². The Kier molecular flexibility index (Phi) is 28.7. The van der Waals surface area contributed by atoms with Gasteiger partial charge in [-0.3, -0.25) is 25.3 Å². The zero-order valence-electron chi connectivity index (χ0n) is 41.6. The Balaban J connectivity index is 0.000000587. The molecular weight excluding hydrogens is 1250 g/mol. The Hall–Kier alpha value is -4.39. The minimum absolute atomic E-state index is 0. The topological polar surface area (TPSA) is 124 Å². The van der Waals surface area contributed by atoms with Gasteiger partial charge in [-0.15, -0.1) is 0 Å². The SMILES string of the molecule is C.C1=CC2CC1CC2OCNCc1ccc2nc(-c3ccccn3)c(-c3ccccn3)nc2c1.CC1CC2C=CC1C2.Cc1ccc2nc(-c3ccccn3)c(-c3ccccn3)nc2c1.[CH3-].[CH3-].[CH3-].[CH3-].[Ru+].[Ru+].[Ru+].[Ru+]. The number of benzene rings is 2. The van der Waals surface area contributed by atoms with Crippen LogP contribution >= 0.6 is 0 Å². The molecule has 0 saturated heterocycles. The number of rotatable bonds is 9. The predicted octanol–water partition coefficient (Wildman–Crippen LogP) is 13.5. The fourth-order valence-electron chi connectivity index (χ4n) is 9.44. The van der Waals surface area contributed by atoms with Crippen molar-refractivity contribution >= 4 is 22.1 Å². The molecule has 10 nitrogen and oxygen atoms in total. The summed E-state index contributed by atoms with van der Waals surface area (Å²) in [6.07, 6.45) is 22.2. The summed E-state index contributed by atoms with van der Waals surface area (Å²) >= 11 is 0. The van der Waals surface area contributed by atoms with Crippen molar-refractivity contribution < 1.29 is 82.6 Å². The van der Waals surface area contributed by atoms with Crippen LogP contribution in [0.5, 0.6) is 0 Å². The first-order chi connectivity index (χ1) is 31.5. The normalized spacial score (nSPS) is 18.5. The molecule has 4 bridgehead atoms. The molecule has 6 aromatic heterocycles. The van der Waals surface area contributed by atoms with E-state index in [0.29, 0.717) is 18.8 Å². The van der Waals surface area contributed by atoms with E-state index in [2.05, 4.69) is 68.6 Å². The van der Waals surface area contributed by atoms with E-state index in [4.69, 9.17) is 24.7 Å². The fourth-order valence-corrected chi connectivity index (χ4v) is 9.44. The van der Waals surface area contributed by atoms with Gasteiger partial charge in [0.2, 0.25) is 0 Å². The standard InChI is InChI=1S/C27H25N5O.C19H14N4.C8H12.CH4.4CH3.4Ru/c1-3-11-29-22(5-1)26-27(23-6-2-4-12-30-23)32-24-14-19(8-10-21(24)31-26)16-28-17-33-25-15-18-7-9-20(25)13-18;1-13-8-9-14-17(12-13)23-19(16-7-3-5-11-21-16)18(22-14)15-6-2-4-10-20-15;1-6-4-7-2-3-8(6)5-7;;;;;;;;;/h1-12,14,18,20,25,28H,13,15-17H2;2-12H,1H3;2-3,6-8H,4-5H2,1H3;1H4;4*1H3;;;;/q;;;;4*-1;4*+1. The molecule has 8 aromatic rings. The Morgan fingerprint density at radius 1 is 0.479 bits per heavy atom. The van der Waals surface area contributed by atoms with E-state index in [0.717, 1.165) is 115 Å². The third kappa shape index (κ3) is 16.1. The van der Waals surface area contributed by atoms with Crippen molar-refractivity contribution in [3.63, 3.8) is 0 Å². The van der Waals surface area contributed by atoms with Gasteiger partial charge in [-0.2, -0.15) is 0 Å². The van der Waals surface area contributed by atoms with E-state index in [9.17, 15) is 0 Å². The molecule has 2 saturated carbocycles. The number of nitrogens with zero attached hydrogens (tertiary/aromatic N) is 8. The monoisotopic (exact) mass is 1330 g/mol. The van der Waals surface area contributed by atoms with E-state index >= 15 is 0 Å². The zero-order chi connectivity index (χ0) is 43.2. The molecule has 386 valence electrons. The van der Waals surface area contributed by atoms with E-state index < -0.39 is 0 Å². The number of aryl methyl sites for hydroxylation is 1. The summed E-state index contributed by atoms with van der Waals surface area (Å²) in [5, 5.41) is 3.42. The Morgan fingerprint density at radius 3 is 1.27 bits per heavy atom. The number of nitrogens with one attached hydrogen (secondary N) is 1. The van der Waals surface area contributed by atoms with E-state index in [1.54, 1.807) is 24.8 Å². The fraction of sp³-hybridized carbons (Fsp3) is 0.254. The molecule has 4 aliphatic rings. The van der Waals surface area contributed by atoms with E-state index in [1.807, 2.05) is 104 Å². The first-order valence-corrected chi connectivity index (χ1v) is 22.4. The molecule has 0 amide bonds. The van der Waals surface area contributed by atoms with E-state index in [1.165, 1.54) is 19.3 Å². The number of fused-ring (bicyclic) bond motifs is 6. The van der Waals surface area contributed by atoms with Crippen molar-refractivity contribution in [2.45, 2.75) is 59.6 Å². The number of hydrogen-bond donors (Lipinski definition) is 1. The molecule has 6 heterocycles.